The second-order valence-corrected chi connectivity index (χ2v) is 10.8. The molecule has 1 aromatic heterocycles. The lowest BCUT2D eigenvalue weighted by molar-refractivity contribution is 0.322. The van der Waals surface area contributed by atoms with Crippen LogP contribution in [0, 0.1) is 12.8 Å². The van der Waals surface area contributed by atoms with Gasteiger partial charge in [0.25, 0.3) is 0 Å². The summed E-state index contributed by atoms with van der Waals surface area (Å²) in [5.41, 5.74) is 5.79. The van der Waals surface area contributed by atoms with E-state index in [-0.39, 0.29) is 12.4 Å². The molecule has 3 heteroatoms. The Balaban J connectivity index is 0.00000274. The van der Waals surface area contributed by atoms with Crippen LogP contribution in [-0.2, 0) is 6.54 Å². The van der Waals surface area contributed by atoms with E-state index in [0.717, 1.165) is 24.9 Å². The third kappa shape index (κ3) is 6.07. The average Bonchev–Trinajstić information content (AvgIpc) is 3.21. The highest BCUT2D eigenvalue weighted by Gasteiger charge is 2.22. The van der Waals surface area contributed by atoms with E-state index < -0.39 is 0 Å². The molecule has 2 aliphatic rings. The molecule has 3 aromatic rings. The van der Waals surface area contributed by atoms with Crippen LogP contribution >= 0.6 is 12.4 Å². The highest BCUT2D eigenvalue weighted by molar-refractivity contribution is 5.85. The number of nitrogens with one attached hydrogen (secondary N) is 1. The van der Waals surface area contributed by atoms with Crippen LogP contribution in [0.1, 0.15) is 93.2 Å². The molecule has 1 unspecified atom stereocenters. The Morgan fingerprint density at radius 2 is 1.62 bits per heavy atom. The Hall–Kier alpha value is -1.77. The van der Waals surface area contributed by atoms with Gasteiger partial charge in [0, 0.05) is 35.6 Å². The molecule has 2 nitrogen and oxygen atoms in total. The monoisotopic (exact) mass is 478 g/mol. The predicted molar refractivity (Wildman–Crippen MR) is 148 cm³/mol. The SMILES string of the molecule is Cc1cccc(C(CCNC2CCCCC2)c2cn(CC3CCCCC3)c3ccccc23)c1.Cl. The topological polar surface area (TPSA) is 17.0 Å². The molecular formula is C31H43ClN2. The van der Waals surface area contributed by atoms with Gasteiger partial charge >= 0.3 is 0 Å². The van der Waals surface area contributed by atoms with Crippen molar-refractivity contribution in [3.8, 4) is 0 Å². The minimum absolute atomic E-state index is 0. The summed E-state index contributed by atoms with van der Waals surface area (Å²) in [6.07, 6.45) is 17.7. The zero-order valence-corrected chi connectivity index (χ0v) is 21.8. The molecule has 184 valence electrons. The minimum Gasteiger partial charge on any atom is -0.347 e. The molecule has 5 rings (SSSR count). The van der Waals surface area contributed by atoms with Crippen LogP contribution < -0.4 is 5.32 Å². The van der Waals surface area contributed by atoms with E-state index in [0.29, 0.717) is 5.92 Å². The molecule has 2 saturated carbocycles. The molecule has 2 aliphatic carbocycles. The highest BCUT2D eigenvalue weighted by Crippen LogP contribution is 2.36. The van der Waals surface area contributed by atoms with Crippen LogP contribution in [0.5, 0.6) is 0 Å². The number of hydrogen-bond acceptors (Lipinski definition) is 1. The van der Waals surface area contributed by atoms with Gasteiger partial charge in [0.15, 0.2) is 0 Å². The van der Waals surface area contributed by atoms with Gasteiger partial charge in [-0.2, -0.15) is 0 Å². The fraction of sp³-hybridized carbons (Fsp3) is 0.548. The molecule has 1 atom stereocenters. The second kappa shape index (κ2) is 12.3. The first-order valence-corrected chi connectivity index (χ1v) is 13.7. The van der Waals surface area contributed by atoms with Crippen molar-refractivity contribution in [2.45, 2.75) is 96.1 Å². The molecule has 1 N–H and O–H groups in total. The van der Waals surface area contributed by atoms with Gasteiger partial charge in [-0.1, -0.05) is 86.6 Å². The number of nitrogens with zero attached hydrogens (tertiary/aromatic N) is 1. The lowest BCUT2D eigenvalue weighted by atomic mass is 9.87. The lowest BCUT2D eigenvalue weighted by Gasteiger charge is -2.25. The zero-order chi connectivity index (χ0) is 22.5. The Morgan fingerprint density at radius 3 is 2.38 bits per heavy atom. The minimum atomic E-state index is 0. The Kier molecular flexibility index (Phi) is 9.14. The fourth-order valence-electron chi connectivity index (χ4n) is 6.48. The van der Waals surface area contributed by atoms with E-state index >= 15 is 0 Å². The number of rotatable bonds is 8. The Labute approximate surface area is 212 Å². The van der Waals surface area contributed by atoms with Crippen molar-refractivity contribution in [3.05, 3.63) is 71.4 Å². The largest absolute Gasteiger partial charge is 0.347 e. The van der Waals surface area contributed by atoms with Crippen LogP contribution in [0.25, 0.3) is 10.9 Å². The van der Waals surface area contributed by atoms with Gasteiger partial charge in [0.1, 0.15) is 0 Å². The van der Waals surface area contributed by atoms with Crippen molar-refractivity contribution in [2.24, 2.45) is 5.92 Å². The maximum absolute atomic E-state index is 3.92. The van der Waals surface area contributed by atoms with Crippen molar-refractivity contribution in [1.82, 2.24) is 9.88 Å². The lowest BCUT2D eigenvalue weighted by Crippen LogP contribution is -2.32. The van der Waals surface area contributed by atoms with Gasteiger partial charge in [-0.3, -0.25) is 0 Å². The van der Waals surface area contributed by atoms with Gasteiger partial charge in [-0.25, -0.2) is 0 Å². The number of benzene rings is 2. The van der Waals surface area contributed by atoms with Crippen molar-refractivity contribution in [2.75, 3.05) is 6.54 Å². The van der Waals surface area contributed by atoms with E-state index in [1.54, 1.807) is 0 Å². The molecule has 34 heavy (non-hydrogen) atoms. The molecular weight excluding hydrogens is 436 g/mol. The first-order valence-electron chi connectivity index (χ1n) is 13.7. The van der Waals surface area contributed by atoms with E-state index in [1.165, 1.54) is 98.3 Å². The van der Waals surface area contributed by atoms with E-state index in [2.05, 4.69) is 71.5 Å². The van der Waals surface area contributed by atoms with E-state index in [1.807, 2.05) is 0 Å². The van der Waals surface area contributed by atoms with E-state index in [4.69, 9.17) is 0 Å². The average molecular weight is 479 g/mol. The number of hydrogen-bond donors (Lipinski definition) is 1. The third-order valence-electron chi connectivity index (χ3n) is 8.29. The molecule has 2 aromatic carbocycles. The number of aryl methyl sites for hydroxylation is 1. The smallest absolute Gasteiger partial charge is 0.0483 e. The maximum atomic E-state index is 3.92. The van der Waals surface area contributed by atoms with Gasteiger partial charge in [-0.15, -0.1) is 12.4 Å². The molecule has 0 aliphatic heterocycles. The van der Waals surface area contributed by atoms with Crippen LogP contribution in [0.3, 0.4) is 0 Å². The quantitative estimate of drug-likeness (QED) is 0.344. The number of aromatic nitrogens is 1. The predicted octanol–water partition coefficient (Wildman–Crippen LogP) is 8.40. The number of para-hydroxylation sites is 1. The van der Waals surface area contributed by atoms with Crippen LogP contribution in [0.4, 0.5) is 0 Å². The Morgan fingerprint density at radius 1 is 0.882 bits per heavy atom. The second-order valence-electron chi connectivity index (χ2n) is 10.8. The summed E-state index contributed by atoms with van der Waals surface area (Å²) in [4.78, 5) is 0. The molecule has 0 spiro atoms. The summed E-state index contributed by atoms with van der Waals surface area (Å²) in [5, 5.41) is 5.38. The standard InChI is InChI=1S/C31H42N2.ClH/c1-24-11-10-14-26(21-24)28(19-20-32-27-15-6-3-7-16-27)30-23-33(22-25-12-4-2-5-13-25)31-18-9-8-17-29(30)31;/h8-11,14,17-18,21,23,25,27-28,32H,2-7,12-13,15-16,19-20,22H2,1H3;1H. The third-order valence-corrected chi connectivity index (χ3v) is 8.29. The summed E-state index contributed by atoms with van der Waals surface area (Å²) in [6.45, 7) is 4.51. The van der Waals surface area contributed by atoms with Crippen LogP contribution in [-0.4, -0.2) is 17.2 Å². The molecule has 0 bridgehead atoms. The number of fused-ring (bicyclic) bond motifs is 1. The van der Waals surface area contributed by atoms with Gasteiger partial charge in [0.2, 0.25) is 0 Å². The molecule has 0 amide bonds. The van der Waals surface area contributed by atoms with Crippen molar-refractivity contribution in [3.63, 3.8) is 0 Å². The summed E-state index contributed by atoms with van der Waals surface area (Å²) in [5.74, 6) is 1.28. The van der Waals surface area contributed by atoms with Gasteiger partial charge in [-0.05, 0) is 68.7 Å². The van der Waals surface area contributed by atoms with Crippen LogP contribution in [0.15, 0.2) is 54.7 Å². The summed E-state index contributed by atoms with van der Waals surface area (Å²) in [6, 6.07) is 19.1. The summed E-state index contributed by atoms with van der Waals surface area (Å²) in [7, 11) is 0. The van der Waals surface area contributed by atoms with E-state index in [9.17, 15) is 0 Å². The fourth-order valence-corrected chi connectivity index (χ4v) is 6.48. The van der Waals surface area contributed by atoms with Crippen molar-refractivity contribution >= 4 is 23.3 Å². The zero-order valence-electron chi connectivity index (χ0n) is 21.0. The maximum Gasteiger partial charge on any atom is 0.0483 e. The molecule has 0 saturated heterocycles. The number of halogens is 1. The molecule has 2 fully saturated rings. The van der Waals surface area contributed by atoms with Crippen molar-refractivity contribution < 1.29 is 0 Å². The molecule has 0 radical (unpaired) electrons. The summed E-state index contributed by atoms with van der Waals surface area (Å²) >= 11 is 0. The summed E-state index contributed by atoms with van der Waals surface area (Å²) < 4.78 is 2.60. The first-order chi connectivity index (χ1) is 16.3. The Bertz CT molecular complexity index is 1030. The highest BCUT2D eigenvalue weighted by atomic mass is 35.5. The first kappa shape index (κ1) is 25.3. The normalized spacial score (nSPS) is 18.6. The van der Waals surface area contributed by atoms with Gasteiger partial charge < -0.3 is 9.88 Å². The van der Waals surface area contributed by atoms with Crippen molar-refractivity contribution in [1.29, 1.82) is 0 Å². The van der Waals surface area contributed by atoms with Gasteiger partial charge in [0.05, 0.1) is 0 Å². The molecule has 1 heterocycles. The van der Waals surface area contributed by atoms with Crippen LogP contribution in [0.2, 0.25) is 0 Å².